The number of Topliss-reactive ketones (excluding diaryl/α,β-unsaturated/α-hetero) is 1. The lowest BCUT2D eigenvalue weighted by molar-refractivity contribution is -0.132. The fourth-order valence-electron chi connectivity index (χ4n) is 5.24. The number of amides is 1. The van der Waals surface area contributed by atoms with Gasteiger partial charge in [0, 0.05) is 17.0 Å². The number of rotatable bonds is 9. The number of carbonyl (C=O) groups is 2. The highest BCUT2D eigenvalue weighted by Crippen LogP contribution is 2.48. The van der Waals surface area contributed by atoms with Crippen LogP contribution >= 0.6 is 34.7 Å². The molecule has 4 heterocycles. The highest BCUT2D eigenvalue weighted by atomic mass is 35.5. The summed E-state index contributed by atoms with van der Waals surface area (Å²) in [5.41, 5.74) is 2.51. The second kappa shape index (κ2) is 12.4. The Balaban J connectivity index is 1.51. The molecule has 3 aromatic heterocycles. The zero-order valence-corrected chi connectivity index (χ0v) is 26.9. The third kappa shape index (κ3) is 5.36. The van der Waals surface area contributed by atoms with Crippen molar-refractivity contribution in [1.82, 2.24) is 19.6 Å². The lowest BCUT2D eigenvalue weighted by atomic mass is 9.95. The van der Waals surface area contributed by atoms with Crippen LogP contribution in [-0.4, -0.2) is 57.7 Å². The van der Waals surface area contributed by atoms with Crippen molar-refractivity contribution in [2.45, 2.75) is 23.1 Å². The lowest BCUT2D eigenvalue weighted by Gasteiger charge is -2.24. The van der Waals surface area contributed by atoms with Gasteiger partial charge in [0.25, 0.3) is 5.78 Å². The molecular weight excluding hydrogens is 638 g/mol. The van der Waals surface area contributed by atoms with E-state index < -0.39 is 17.7 Å². The van der Waals surface area contributed by atoms with Gasteiger partial charge in [-0.25, -0.2) is 4.98 Å². The minimum absolute atomic E-state index is 0.150. The minimum Gasteiger partial charge on any atom is -0.505 e. The molecule has 1 saturated heterocycles. The topological polar surface area (TPSA) is 128 Å². The van der Waals surface area contributed by atoms with Crippen molar-refractivity contribution in [1.29, 1.82) is 0 Å². The number of ketones is 1. The van der Waals surface area contributed by atoms with Gasteiger partial charge in [-0.3, -0.25) is 18.9 Å². The molecule has 1 N–H and O–H groups in total. The summed E-state index contributed by atoms with van der Waals surface area (Å²) in [6.07, 6.45) is 1.72. The molecule has 1 aliphatic heterocycles. The summed E-state index contributed by atoms with van der Waals surface area (Å²) in [6, 6.07) is 15.0. The summed E-state index contributed by atoms with van der Waals surface area (Å²) in [7, 11) is 4.41. The first-order valence-corrected chi connectivity index (χ1v) is 15.7. The minimum atomic E-state index is -1.12. The summed E-state index contributed by atoms with van der Waals surface area (Å²) < 4.78 is 18.9. The second-order valence-corrected chi connectivity index (χ2v) is 12.4. The van der Waals surface area contributed by atoms with Crippen LogP contribution in [0.3, 0.4) is 0 Å². The number of hydrogen-bond acceptors (Lipinski definition) is 11. The summed E-state index contributed by atoms with van der Waals surface area (Å²) in [6.45, 7) is 1.72. The highest BCUT2D eigenvalue weighted by Gasteiger charge is 2.49. The number of hydrogen-bond donors (Lipinski definition) is 1. The van der Waals surface area contributed by atoms with Gasteiger partial charge in [-0.15, -0.1) is 10.2 Å². The monoisotopic (exact) mass is 663 g/mol. The molecule has 1 unspecified atom stereocenters. The van der Waals surface area contributed by atoms with Gasteiger partial charge in [0.2, 0.25) is 10.9 Å². The van der Waals surface area contributed by atoms with Crippen molar-refractivity contribution in [3.05, 3.63) is 93.9 Å². The first-order chi connectivity index (χ1) is 21.8. The van der Waals surface area contributed by atoms with Gasteiger partial charge in [0.1, 0.15) is 11.3 Å². The number of thioether (sulfide) groups is 1. The first-order valence-electron chi connectivity index (χ1n) is 13.5. The van der Waals surface area contributed by atoms with Crippen LogP contribution in [0.2, 0.25) is 5.02 Å². The van der Waals surface area contributed by atoms with Gasteiger partial charge in [-0.2, -0.15) is 0 Å². The zero-order chi connectivity index (χ0) is 31.8. The van der Waals surface area contributed by atoms with Gasteiger partial charge in [0.15, 0.2) is 21.6 Å². The van der Waals surface area contributed by atoms with Gasteiger partial charge in [-0.05, 0) is 48.4 Å². The fraction of sp³-hybridized carbons (Fsp3) is 0.194. The van der Waals surface area contributed by atoms with Crippen LogP contribution in [0.25, 0.3) is 11.4 Å². The Labute approximate surface area is 271 Å². The number of halogens is 1. The highest BCUT2D eigenvalue weighted by molar-refractivity contribution is 8.00. The molecule has 1 fully saturated rings. The van der Waals surface area contributed by atoms with E-state index >= 15 is 0 Å². The van der Waals surface area contributed by atoms with Gasteiger partial charge in [0.05, 0.1) is 38.6 Å². The number of aliphatic hydroxyl groups excluding tert-OH is 1. The SMILES string of the molecule is COc1cc(C2/C(=C(\O)c3c(C)nc4ccccn34)C(=O)C(=O)N2c2nnc(SCc3ccccc3Cl)s2)cc(OC)c1OC. The molecule has 6 rings (SSSR count). The number of imidazole rings is 1. The zero-order valence-electron chi connectivity index (χ0n) is 24.5. The summed E-state index contributed by atoms with van der Waals surface area (Å²) in [4.78, 5) is 33.4. The van der Waals surface area contributed by atoms with E-state index in [2.05, 4.69) is 15.2 Å². The standard InChI is InChI=1S/C31H26ClN5O6S2/c1-16-24(36-12-8-7-11-22(36)33-16)26(38)23-25(18-13-20(41-2)28(43-4)21(14-18)42-3)37(29(40)27(23)39)30-34-35-31(45-30)44-15-17-9-5-6-10-19(17)32/h5-14,25,38H,15H2,1-4H3/b26-23+. The van der Waals surface area contributed by atoms with Crippen LogP contribution in [0.1, 0.15) is 28.6 Å². The van der Waals surface area contributed by atoms with Crippen molar-refractivity contribution < 1.29 is 28.9 Å². The number of carbonyl (C=O) groups excluding carboxylic acids is 2. The number of aryl methyl sites for hydroxylation is 1. The third-order valence-corrected chi connectivity index (χ3v) is 9.76. The average Bonchev–Trinajstić information content (AvgIpc) is 3.72. The number of fused-ring (bicyclic) bond motifs is 1. The van der Waals surface area contributed by atoms with E-state index in [-0.39, 0.29) is 22.2 Å². The fourth-order valence-corrected chi connectivity index (χ4v) is 7.40. The molecule has 0 radical (unpaired) electrons. The average molecular weight is 664 g/mol. The Morgan fingerprint density at radius 1 is 1.02 bits per heavy atom. The number of aromatic nitrogens is 4. The number of anilines is 1. The normalized spacial score (nSPS) is 16.0. The van der Waals surface area contributed by atoms with Crippen molar-refractivity contribution in [3.63, 3.8) is 0 Å². The van der Waals surface area contributed by atoms with E-state index in [1.165, 1.54) is 38.0 Å². The number of aliphatic hydroxyl groups is 1. The van der Waals surface area contributed by atoms with Crippen molar-refractivity contribution in [3.8, 4) is 17.2 Å². The van der Waals surface area contributed by atoms with Gasteiger partial charge >= 0.3 is 5.91 Å². The number of nitrogens with zero attached hydrogens (tertiary/aromatic N) is 5. The largest absolute Gasteiger partial charge is 0.505 e. The molecule has 1 amide bonds. The molecule has 0 aliphatic carbocycles. The quantitative estimate of drug-likeness (QED) is 0.0650. The van der Waals surface area contributed by atoms with Crippen molar-refractivity contribution >= 4 is 62.9 Å². The van der Waals surface area contributed by atoms with E-state index in [0.29, 0.717) is 49.3 Å². The maximum atomic E-state index is 13.9. The van der Waals surface area contributed by atoms with E-state index in [1.54, 1.807) is 41.8 Å². The molecule has 0 saturated carbocycles. The van der Waals surface area contributed by atoms with Crippen molar-refractivity contribution in [2.75, 3.05) is 26.2 Å². The van der Waals surface area contributed by atoms with Crippen LogP contribution in [0.5, 0.6) is 17.2 Å². The van der Waals surface area contributed by atoms with E-state index in [1.807, 2.05) is 30.3 Å². The Bertz CT molecular complexity index is 1970. The number of methoxy groups -OCH3 is 3. The van der Waals surface area contributed by atoms with Crippen LogP contribution in [-0.2, 0) is 15.3 Å². The molecule has 5 aromatic rings. The molecule has 45 heavy (non-hydrogen) atoms. The summed E-state index contributed by atoms with van der Waals surface area (Å²) in [5.74, 6) is -0.696. The molecule has 230 valence electrons. The molecule has 0 bridgehead atoms. The van der Waals surface area contributed by atoms with E-state index in [9.17, 15) is 14.7 Å². The smallest absolute Gasteiger partial charge is 0.301 e. The predicted octanol–water partition coefficient (Wildman–Crippen LogP) is 6.09. The van der Waals surface area contributed by atoms with Gasteiger partial charge < -0.3 is 19.3 Å². The van der Waals surface area contributed by atoms with Crippen LogP contribution in [0.4, 0.5) is 5.13 Å². The molecule has 1 atom stereocenters. The Morgan fingerprint density at radius 3 is 2.42 bits per heavy atom. The Morgan fingerprint density at radius 2 is 1.73 bits per heavy atom. The Kier molecular flexibility index (Phi) is 8.40. The third-order valence-electron chi connectivity index (χ3n) is 7.29. The number of pyridine rings is 1. The van der Waals surface area contributed by atoms with Crippen LogP contribution in [0.15, 0.2) is 70.7 Å². The maximum absolute atomic E-state index is 13.9. The number of ether oxygens (including phenoxy) is 3. The molecular formula is C31H26ClN5O6S2. The summed E-state index contributed by atoms with van der Waals surface area (Å²) >= 11 is 8.87. The molecule has 14 heteroatoms. The molecule has 2 aromatic carbocycles. The molecule has 1 aliphatic rings. The first kappa shape index (κ1) is 30.4. The maximum Gasteiger partial charge on any atom is 0.301 e. The van der Waals surface area contributed by atoms with E-state index in [4.69, 9.17) is 25.8 Å². The number of benzene rings is 2. The van der Waals surface area contributed by atoms with Gasteiger partial charge in [-0.1, -0.05) is 59.0 Å². The van der Waals surface area contributed by atoms with E-state index in [0.717, 1.165) is 16.9 Å². The van der Waals surface area contributed by atoms with Crippen molar-refractivity contribution in [2.24, 2.45) is 0 Å². The molecule has 11 nitrogen and oxygen atoms in total. The van der Waals surface area contributed by atoms with Crippen LogP contribution < -0.4 is 19.1 Å². The second-order valence-electron chi connectivity index (χ2n) is 9.83. The predicted molar refractivity (Wildman–Crippen MR) is 172 cm³/mol. The Hall–Kier alpha value is -4.59. The molecule has 0 spiro atoms. The van der Waals surface area contributed by atoms with Crippen LogP contribution in [0, 0.1) is 6.92 Å². The lowest BCUT2D eigenvalue weighted by Crippen LogP contribution is -2.29. The summed E-state index contributed by atoms with van der Waals surface area (Å²) in [5, 5.41) is 21.2.